The van der Waals surface area contributed by atoms with Crippen molar-refractivity contribution in [3.05, 3.63) is 22.7 Å². The molecule has 0 N–H and O–H groups in total. The van der Waals surface area contributed by atoms with Crippen molar-refractivity contribution in [3.8, 4) is 0 Å². The third-order valence-corrected chi connectivity index (χ3v) is 2.60. The van der Waals surface area contributed by atoms with Gasteiger partial charge in [-0.15, -0.1) is 0 Å². The van der Waals surface area contributed by atoms with Crippen LogP contribution in [-0.4, -0.2) is 17.1 Å². The molecule has 0 amide bonds. The van der Waals surface area contributed by atoms with E-state index in [1.165, 1.54) is 0 Å². The molecule has 0 aliphatic heterocycles. The van der Waals surface area contributed by atoms with Gasteiger partial charge < -0.3 is 4.74 Å². The summed E-state index contributed by atoms with van der Waals surface area (Å²) < 4.78 is 5.04. The number of rotatable bonds is 5. The second-order valence-corrected chi connectivity index (χ2v) is 3.87. The molecule has 0 saturated carbocycles. The Morgan fingerprint density at radius 2 is 2.00 bits per heavy atom. The van der Waals surface area contributed by atoms with Gasteiger partial charge in [0.1, 0.15) is 11.0 Å². The molecule has 1 aromatic heterocycles. The van der Waals surface area contributed by atoms with Gasteiger partial charge in [0.15, 0.2) is 0 Å². The second kappa shape index (κ2) is 6.03. The summed E-state index contributed by atoms with van der Waals surface area (Å²) in [6.45, 7) is 4.75. The van der Waals surface area contributed by atoms with E-state index in [4.69, 9.17) is 16.3 Å². The number of ether oxygens (including phenoxy) is 1. The largest absolute Gasteiger partial charge is 0.378 e. The van der Waals surface area contributed by atoms with Crippen molar-refractivity contribution in [2.75, 3.05) is 7.11 Å². The summed E-state index contributed by atoms with van der Waals surface area (Å²) in [6, 6.07) is 1.75. The van der Waals surface area contributed by atoms with Gasteiger partial charge in [-0.1, -0.05) is 25.4 Å². The van der Waals surface area contributed by atoms with Crippen molar-refractivity contribution < 1.29 is 4.74 Å². The molecule has 0 fully saturated rings. The Morgan fingerprint density at radius 1 is 1.33 bits per heavy atom. The molecule has 1 aromatic rings. The number of halogens is 1. The van der Waals surface area contributed by atoms with Crippen LogP contribution in [0.1, 0.15) is 44.1 Å². The Labute approximate surface area is 95.8 Å². The molecule has 1 rings (SSSR count). The first-order chi connectivity index (χ1) is 7.21. The topological polar surface area (TPSA) is 35.0 Å². The standard InChI is InChI=1S/C11H17ClN2O/c1-4-8(5-2)11-13-9(7-15-3)6-10(12)14-11/h6,8H,4-5,7H2,1-3H3. The van der Waals surface area contributed by atoms with Crippen LogP contribution < -0.4 is 0 Å². The van der Waals surface area contributed by atoms with E-state index in [0.717, 1.165) is 24.4 Å². The van der Waals surface area contributed by atoms with E-state index in [2.05, 4.69) is 23.8 Å². The summed E-state index contributed by atoms with van der Waals surface area (Å²) in [5, 5.41) is 0.499. The van der Waals surface area contributed by atoms with Gasteiger partial charge in [-0.05, 0) is 18.9 Å². The Balaban J connectivity index is 2.96. The first-order valence-corrected chi connectivity index (χ1v) is 5.61. The van der Waals surface area contributed by atoms with Crippen molar-refractivity contribution in [2.24, 2.45) is 0 Å². The van der Waals surface area contributed by atoms with Gasteiger partial charge in [0.25, 0.3) is 0 Å². The summed E-state index contributed by atoms with van der Waals surface area (Å²) in [6.07, 6.45) is 2.06. The lowest BCUT2D eigenvalue weighted by molar-refractivity contribution is 0.181. The predicted molar refractivity (Wildman–Crippen MR) is 61.1 cm³/mol. The third-order valence-electron chi connectivity index (χ3n) is 2.41. The maximum Gasteiger partial charge on any atom is 0.133 e. The SMILES string of the molecule is CCC(CC)c1nc(Cl)cc(COC)n1. The summed E-state index contributed by atoms with van der Waals surface area (Å²) >= 11 is 5.94. The minimum atomic E-state index is 0.388. The lowest BCUT2D eigenvalue weighted by Gasteiger charge is -2.12. The Kier molecular flexibility index (Phi) is 4.99. The summed E-state index contributed by atoms with van der Waals surface area (Å²) in [5.41, 5.74) is 0.847. The fourth-order valence-corrected chi connectivity index (χ4v) is 1.75. The molecular formula is C11H17ClN2O. The van der Waals surface area contributed by atoms with Gasteiger partial charge in [-0.2, -0.15) is 0 Å². The van der Waals surface area contributed by atoms with Crippen molar-refractivity contribution in [2.45, 2.75) is 39.2 Å². The van der Waals surface area contributed by atoms with Gasteiger partial charge >= 0.3 is 0 Å². The predicted octanol–water partition coefficient (Wildman–Crippen LogP) is 3.18. The minimum Gasteiger partial charge on any atom is -0.378 e. The van der Waals surface area contributed by atoms with Crippen LogP contribution in [0.15, 0.2) is 6.07 Å². The van der Waals surface area contributed by atoms with Gasteiger partial charge in [0.05, 0.1) is 12.3 Å². The fourth-order valence-electron chi connectivity index (χ4n) is 1.54. The molecule has 3 nitrogen and oxygen atoms in total. The zero-order valence-corrected chi connectivity index (χ0v) is 10.2. The molecular weight excluding hydrogens is 212 g/mol. The quantitative estimate of drug-likeness (QED) is 0.726. The molecule has 1 heterocycles. The maximum absolute atomic E-state index is 5.94. The highest BCUT2D eigenvalue weighted by atomic mass is 35.5. The van der Waals surface area contributed by atoms with Crippen LogP contribution in [0.2, 0.25) is 5.15 Å². The molecule has 4 heteroatoms. The number of hydrogen-bond donors (Lipinski definition) is 0. The molecule has 0 radical (unpaired) electrons. The summed E-state index contributed by atoms with van der Waals surface area (Å²) in [7, 11) is 1.65. The van der Waals surface area contributed by atoms with E-state index in [9.17, 15) is 0 Å². The van der Waals surface area contributed by atoms with Gasteiger partial charge in [0, 0.05) is 13.0 Å². The van der Waals surface area contributed by atoms with Crippen LogP contribution in [0.25, 0.3) is 0 Å². The Bertz CT molecular complexity index is 313. The highest BCUT2D eigenvalue weighted by molar-refractivity contribution is 6.29. The van der Waals surface area contributed by atoms with Gasteiger partial charge in [0.2, 0.25) is 0 Å². The Morgan fingerprint density at radius 3 is 2.53 bits per heavy atom. The van der Waals surface area contributed by atoms with E-state index < -0.39 is 0 Å². The highest BCUT2D eigenvalue weighted by Crippen LogP contribution is 2.21. The number of hydrogen-bond acceptors (Lipinski definition) is 3. The molecule has 0 aliphatic carbocycles. The average molecular weight is 229 g/mol. The monoisotopic (exact) mass is 228 g/mol. The zero-order chi connectivity index (χ0) is 11.3. The lowest BCUT2D eigenvalue weighted by atomic mass is 10.0. The summed E-state index contributed by atoms with van der Waals surface area (Å²) in [4.78, 5) is 8.70. The molecule has 0 spiro atoms. The first-order valence-electron chi connectivity index (χ1n) is 5.23. The van der Waals surface area contributed by atoms with Crippen LogP contribution in [0.5, 0.6) is 0 Å². The maximum atomic E-state index is 5.94. The van der Waals surface area contributed by atoms with Crippen molar-refractivity contribution in [1.82, 2.24) is 9.97 Å². The van der Waals surface area contributed by atoms with Crippen molar-refractivity contribution in [3.63, 3.8) is 0 Å². The fraction of sp³-hybridized carbons (Fsp3) is 0.636. The normalized spacial score (nSPS) is 11.0. The van der Waals surface area contributed by atoms with Crippen molar-refractivity contribution in [1.29, 1.82) is 0 Å². The van der Waals surface area contributed by atoms with Gasteiger partial charge in [-0.25, -0.2) is 9.97 Å². The molecule has 15 heavy (non-hydrogen) atoms. The molecule has 84 valence electrons. The average Bonchev–Trinajstić information content (AvgIpc) is 2.19. The third kappa shape index (κ3) is 3.43. The van der Waals surface area contributed by atoms with Crippen LogP contribution in [0.4, 0.5) is 0 Å². The van der Waals surface area contributed by atoms with Crippen LogP contribution in [0.3, 0.4) is 0 Å². The van der Waals surface area contributed by atoms with Crippen LogP contribution in [0, 0.1) is 0 Å². The number of nitrogens with zero attached hydrogens (tertiary/aromatic N) is 2. The van der Waals surface area contributed by atoms with Gasteiger partial charge in [-0.3, -0.25) is 0 Å². The van der Waals surface area contributed by atoms with E-state index in [1.54, 1.807) is 13.2 Å². The molecule has 0 aromatic carbocycles. The number of aromatic nitrogens is 2. The highest BCUT2D eigenvalue weighted by Gasteiger charge is 2.12. The van der Waals surface area contributed by atoms with E-state index >= 15 is 0 Å². The van der Waals surface area contributed by atoms with E-state index in [-0.39, 0.29) is 0 Å². The molecule has 0 saturated heterocycles. The van der Waals surface area contributed by atoms with Crippen LogP contribution in [-0.2, 0) is 11.3 Å². The molecule has 0 atom stereocenters. The first kappa shape index (κ1) is 12.4. The zero-order valence-electron chi connectivity index (χ0n) is 9.46. The molecule has 0 bridgehead atoms. The molecule has 0 aliphatic rings. The minimum absolute atomic E-state index is 0.388. The summed E-state index contributed by atoms with van der Waals surface area (Å²) in [5.74, 6) is 1.22. The number of methoxy groups -OCH3 is 1. The van der Waals surface area contributed by atoms with E-state index in [0.29, 0.717) is 17.7 Å². The van der Waals surface area contributed by atoms with Crippen LogP contribution >= 0.6 is 11.6 Å². The molecule has 0 unspecified atom stereocenters. The lowest BCUT2D eigenvalue weighted by Crippen LogP contribution is -2.06. The second-order valence-electron chi connectivity index (χ2n) is 3.49. The van der Waals surface area contributed by atoms with E-state index in [1.807, 2.05) is 0 Å². The smallest absolute Gasteiger partial charge is 0.133 e. The van der Waals surface area contributed by atoms with Crippen molar-refractivity contribution >= 4 is 11.6 Å². The Hall–Kier alpha value is -0.670.